The van der Waals surface area contributed by atoms with Crippen molar-refractivity contribution in [1.29, 1.82) is 0 Å². The van der Waals surface area contributed by atoms with Crippen molar-refractivity contribution in [2.45, 2.75) is 6.42 Å². The van der Waals surface area contributed by atoms with Crippen molar-refractivity contribution in [1.82, 2.24) is 0 Å². The molecule has 48 valence electrons. The second-order valence-electron chi connectivity index (χ2n) is 1.35. The Morgan fingerprint density at radius 2 is 2.50 bits per heavy atom. The first-order valence-corrected chi connectivity index (χ1v) is 4.89. The molecular weight excluding hydrogens is 237 g/mol. The van der Waals surface area contributed by atoms with E-state index in [4.69, 9.17) is 0 Å². The molecule has 0 heterocycles. The smallest absolute Gasteiger partial charge is 0.0827 e. The molecule has 0 spiro atoms. The lowest BCUT2D eigenvalue weighted by Gasteiger charge is -1.85. The average Bonchev–Trinajstić information content (AvgIpc) is 1.66. The molecule has 2 nitrogen and oxygen atoms in total. The van der Waals surface area contributed by atoms with Gasteiger partial charge in [-0.3, -0.25) is 4.21 Å². The van der Waals surface area contributed by atoms with Crippen molar-refractivity contribution in [2.75, 3.05) is 12.0 Å². The Balaban J connectivity index is 3.05. The maximum absolute atomic E-state index is 10.4. The van der Waals surface area contributed by atoms with E-state index in [-0.39, 0.29) is 0 Å². The quantitative estimate of drug-likeness (QED) is 0.542. The molecule has 0 aliphatic carbocycles. The summed E-state index contributed by atoms with van der Waals surface area (Å²) < 4.78 is 14.1. The van der Waals surface area contributed by atoms with Crippen LogP contribution in [0.25, 0.3) is 0 Å². The van der Waals surface area contributed by atoms with E-state index in [0.29, 0.717) is 0 Å². The van der Waals surface area contributed by atoms with Crippen LogP contribution >= 0.6 is 22.9 Å². The Morgan fingerprint density at radius 3 is 2.88 bits per heavy atom. The summed E-state index contributed by atoms with van der Waals surface area (Å²) in [6.45, 7) is 0. The molecule has 1 unspecified atom stereocenters. The van der Waals surface area contributed by atoms with Crippen LogP contribution in [0.15, 0.2) is 3.21 Å². The lowest BCUT2D eigenvalue weighted by molar-refractivity contribution is 0.687. The summed E-state index contributed by atoms with van der Waals surface area (Å²) in [6.07, 6.45) is 4.29. The lowest BCUT2D eigenvalue weighted by Crippen LogP contribution is -1.92. The largest absolute Gasteiger partial charge is 0.260 e. The van der Waals surface area contributed by atoms with E-state index < -0.39 is 10.8 Å². The Hall–Kier alpha value is 0.550. The number of hydrogen-bond acceptors (Lipinski definition) is 2. The predicted molar refractivity (Wildman–Crippen MR) is 46.1 cm³/mol. The third-order valence-electron chi connectivity index (χ3n) is 0.603. The van der Waals surface area contributed by atoms with Crippen LogP contribution in [-0.2, 0) is 10.8 Å². The first-order valence-electron chi connectivity index (χ1n) is 2.20. The van der Waals surface area contributed by atoms with Gasteiger partial charge in [-0.1, -0.05) is 0 Å². The van der Waals surface area contributed by atoms with Crippen molar-refractivity contribution >= 4 is 39.9 Å². The van der Waals surface area contributed by atoms with Crippen LogP contribution in [0, 0.1) is 0 Å². The molecule has 1 atom stereocenters. The van der Waals surface area contributed by atoms with Crippen molar-refractivity contribution in [3.05, 3.63) is 0 Å². The first kappa shape index (κ1) is 8.55. The average molecular weight is 245 g/mol. The highest BCUT2D eigenvalue weighted by atomic mass is 127. The van der Waals surface area contributed by atoms with Gasteiger partial charge in [-0.05, 0) is 6.42 Å². The molecule has 0 rings (SSSR count). The van der Waals surface area contributed by atoms with E-state index >= 15 is 0 Å². The van der Waals surface area contributed by atoms with Gasteiger partial charge in [0.15, 0.2) is 0 Å². The molecule has 0 aromatic carbocycles. The monoisotopic (exact) mass is 245 g/mol. The molecule has 0 amide bonds. The van der Waals surface area contributed by atoms with Crippen molar-refractivity contribution < 1.29 is 4.21 Å². The number of hydrogen-bond donors (Lipinski definition) is 0. The molecular formula is C4H8INOS. The summed E-state index contributed by atoms with van der Waals surface area (Å²) in [5.74, 6) is 0.729. The molecule has 0 saturated carbocycles. The third kappa shape index (κ3) is 6.55. The summed E-state index contributed by atoms with van der Waals surface area (Å²) in [6, 6.07) is 0. The number of halogens is 1. The van der Waals surface area contributed by atoms with Crippen LogP contribution in [0.5, 0.6) is 0 Å². The van der Waals surface area contributed by atoms with Gasteiger partial charge in [-0.2, -0.15) is 0 Å². The van der Waals surface area contributed by atoms with Gasteiger partial charge in [0.05, 0.1) is 22.9 Å². The van der Waals surface area contributed by atoms with Crippen LogP contribution in [0.4, 0.5) is 0 Å². The summed E-state index contributed by atoms with van der Waals surface area (Å²) in [4.78, 5) is 0. The maximum atomic E-state index is 10.4. The molecule has 0 aliphatic rings. The van der Waals surface area contributed by atoms with Crippen molar-refractivity contribution in [2.24, 2.45) is 3.21 Å². The predicted octanol–water partition coefficient (Wildman–Crippen LogP) is 1.18. The van der Waals surface area contributed by atoms with Gasteiger partial charge in [0.1, 0.15) is 0 Å². The molecule has 0 radical (unpaired) electrons. The van der Waals surface area contributed by atoms with Crippen LogP contribution in [-0.4, -0.2) is 22.4 Å². The second-order valence-corrected chi connectivity index (χ2v) is 3.46. The Morgan fingerprint density at radius 1 is 1.88 bits per heavy atom. The minimum absolute atomic E-state index is 0.662. The summed E-state index contributed by atoms with van der Waals surface area (Å²) in [5, 5.41) is 0. The number of rotatable bonds is 3. The summed E-state index contributed by atoms with van der Waals surface area (Å²) in [5.41, 5.74) is 0. The van der Waals surface area contributed by atoms with Gasteiger partial charge in [0, 0.05) is 29.0 Å². The highest BCUT2D eigenvalue weighted by Gasteiger charge is 1.84. The fourth-order valence-corrected chi connectivity index (χ4v) is 0.983. The topological polar surface area (TPSA) is 29.4 Å². The molecule has 4 heteroatoms. The van der Waals surface area contributed by atoms with E-state index in [0.717, 1.165) is 12.2 Å². The Labute approximate surface area is 65.7 Å². The van der Waals surface area contributed by atoms with E-state index in [1.807, 2.05) is 22.9 Å². The highest BCUT2D eigenvalue weighted by Crippen LogP contribution is 1.83. The van der Waals surface area contributed by atoms with Gasteiger partial charge in [-0.15, -0.1) is 0 Å². The van der Waals surface area contributed by atoms with E-state index in [1.54, 1.807) is 12.5 Å². The van der Waals surface area contributed by atoms with Crippen LogP contribution in [0.3, 0.4) is 0 Å². The summed E-state index contributed by atoms with van der Waals surface area (Å²) >= 11 is 1.90. The zero-order valence-corrected chi connectivity index (χ0v) is 7.61. The van der Waals surface area contributed by atoms with E-state index in [2.05, 4.69) is 3.21 Å². The van der Waals surface area contributed by atoms with Gasteiger partial charge in [0.2, 0.25) is 0 Å². The fraction of sp³-hybridized carbons (Fsp3) is 0.750. The standard InChI is InChI=1S/C4H8INOS/c1-8(7)4-2-3-6-5/h3H,2,4H2,1H3. The zero-order valence-electron chi connectivity index (χ0n) is 4.63. The van der Waals surface area contributed by atoms with Gasteiger partial charge in [-0.25, -0.2) is 3.21 Å². The summed E-state index contributed by atoms with van der Waals surface area (Å²) in [7, 11) is -0.662. The van der Waals surface area contributed by atoms with Gasteiger partial charge in [0.25, 0.3) is 0 Å². The van der Waals surface area contributed by atoms with Crippen molar-refractivity contribution in [3.63, 3.8) is 0 Å². The Bertz CT molecular complexity index is 104. The zero-order chi connectivity index (χ0) is 6.41. The second kappa shape index (κ2) is 5.68. The lowest BCUT2D eigenvalue weighted by atomic mass is 10.5. The van der Waals surface area contributed by atoms with Crippen molar-refractivity contribution in [3.8, 4) is 0 Å². The van der Waals surface area contributed by atoms with Crippen LogP contribution < -0.4 is 0 Å². The van der Waals surface area contributed by atoms with Crippen LogP contribution in [0.2, 0.25) is 0 Å². The van der Waals surface area contributed by atoms with E-state index in [9.17, 15) is 4.21 Å². The normalized spacial score (nSPS) is 14.8. The van der Waals surface area contributed by atoms with Crippen LogP contribution in [0.1, 0.15) is 6.42 Å². The molecule has 0 fully saturated rings. The molecule has 0 bridgehead atoms. The van der Waals surface area contributed by atoms with E-state index in [1.165, 1.54) is 0 Å². The maximum Gasteiger partial charge on any atom is 0.0827 e. The van der Waals surface area contributed by atoms with Gasteiger partial charge < -0.3 is 0 Å². The molecule has 0 aromatic heterocycles. The first-order chi connectivity index (χ1) is 3.77. The fourth-order valence-electron chi connectivity index (χ4n) is 0.267. The molecule has 0 aliphatic heterocycles. The number of nitrogens with zero attached hydrogens (tertiary/aromatic N) is 1. The highest BCUT2D eigenvalue weighted by molar-refractivity contribution is 14.1. The molecule has 0 N–H and O–H groups in total. The third-order valence-corrected chi connectivity index (χ3v) is 1.81. The van der Waals surface area contributed by atoms with Gasteiger partial charge >= 0.3 is 0 Å². The minimum atomic E-state index is -0.662. The molecule has 0 aromatic rings. The molecule has 8 heavy (non-hydrogen) atoms. The minimum Gasteiger partial charge on any atom is -0.260 e. The Kier molecular flexibility index (Phi) is 6.07. The SMILES string of the molecule is CS(=O)CCC=NI. The molecule has 0 saturated heterocycles.